The average Bonchev–Trinajstić information content (AvgIpc) is 2.82. The van der Waals surface area contributed by atoms with Crippen LogP contribution in [0.4, 0.5) is 0 Å². The lowest BCUT2D eigenvalue weighted by molar-refractivity contribution is -0.144. The molecule has 0 saturated heterocycles. The number of carbonyl (C=O) groups is 3. The standard InChI is InChI=1S/C27H51NO6/c1-4-7-10-13-16-25(29)32-22-19-28(20-23-33-26(30)17-14-11-8-5-2)21-24-34-27(31)18-15-12-9-6-3/h4-24H2,1-3H3. The van der Waals surface area contributed by atoms with Gasteiger partial charge in [-0.1, -0.05) is 78.6 Å². The third-order valence-corrected chi connectivity index (χ3v) is 5.72. The fraction of sp³-hybridized carbons (Fsp3) is 0.889. The predicted molar refractivity (Wildman–Crippen MR) is 136 cm³/mol. The number of carbonyl (C=O) groups excluding carboxylic acids is 3. The van der Waals surface area contributed by atoms with E-state index >= 15 is 0 Å². The maximum atomic E-state index is 11.9. The second-order valence-electron chi connectivity index (χ2n) is 8.94. The molecule has 0 aliphatic heterocycles. The van der Waals surface area contributed by atoms with Crippen LogP contribution in [-0.4, -0.2) is 62.3 Å². The van der Waals surface area contributed by atoms with Crippen LogP contribution in [0.15, 0.2) is 0 Å². The Balaban J connectivity index is 4.28. The van der Waals surface area contributed by atoms with Gasteiger partial charge in [0.05, 0.1) is 0 Å². The number of unbranched alkanes of at least 4 members (excludes halogenated alkanes) is 9. The molecule has 0 spiro atoms. The third kappa shape index (κ3) is 22.2. The van der Waals surface area contributed by atoms with Crippen LogP contribution in [0.25, 0.3) is 0 Å². The summed E-state index contributed by atoms with van der Waals surface area (Å²) in [7, 11) is 0. The zero-order valence-corrected chi connectivity index (χ0v) is 22.2. The lowest BCUT2D eigenvalue weighted by Gasteiger charge is -2.22. The first-order chi connectivity index (χ1) is 16.5. The summed E-state index contributed by atoms with van der Waals surface area (Å²) in [4.78, 5) is 37.7. The van der Waals surface area contributed by atoms with Crippen molar-refractivity contribution in [1.82, 2.24) is 4.90 Å². The summed E-state index contributed by atoms with van der Waals surface area (Å²) in [6.07, 6.45) is 13.9. The van der Waals surface area contributed by atoms with Gasteiger partial charge in [0.15, 0.2) is 0 Å². The van der Waals surface area contributed by atoms with Gasteiger partial charge in [-0.15, -0.1) is 0 Å². The van der Waals surface area contributed by atoms with E-state index in [4.69, 9.17) is 14.2 Å². The summed E-state index contributed by atoms with van der Waals surface area (Å²) < 4.78 is 16.1. The van der Waals surface area contributed by atoms with Crippen molar-refractivity contribution in [3.8, 4) is 0 Å². The molecule has 0 rings (SSSR count). The molecule has 0 unspecified atom stereocenters. The Morgan fingerprint density at radius 1 is 0.471 bits per heavy atom. The molecule has 200 valence electrons. The van der Waals surface area contributed by atoms with Crippen molar-refractivity contribution in [1.29, 1.82) is 0 Å². The van der Waals surface area contributed by atoms with Crippen molar-refractivity contribution in [3.63, 3.8) is 0 Å². The summed E-state index contributed by atoms with van der Waals surface area (Å²) in [6.45, 7) is 8.81. The summed E-state index contributed by atoms with van der Waals surface area (Å²) >= 11 is 0. The van der Waals surface area contributed by atoms with Crippen LogP contribution in [0.5, 0.6) is 0 Å². The molecule has 0 aromatic heterocycles. The molecule has 0 N–H and O–H groups in total. The van der Waals surface area contributed by atoms with Gasteiger partial charge in [0.2, 0.25) is 0 Å². The highest BCUT2D eigenvalue weighted by atomic mass is 16.5. The first-order valence-electron chi connectivity index (χ1n) is 13.7. The number of nitrogens with zero attached hydrogens (tertiary/aromatic N) is 1. The molecule has 0 aliphatic carbocycles. The molecule has 7 nitrogen and oxygen atoms in total. The maximum absolute atomic E-state index is 11.9. The minimum atomic E-state index is -0.173. The largest absolute Gasteiger partial charge is 0.464 e. The Hall–Kier alpha value is -1.63. The van der Waals surface area contributed by atoms with E-state index in [0.29, 0.717) is 38.9 Å². The van der Waals surface area contributed by atoms with Gasteiger partial charge in [-0.05, 0) is 19.3 Å². The highest BCUT2D eigenvalue weighted by Crippen LogP contribution is 2.06. The molecule has 0 amide bonds. The zero-order chi connectivity index (χ0) is 25.3. The van der Waals surface area contributed by atoms with Crippen molar-refractivity contribution in [2.75, 3.05) is 39.5 Å². The van der Waals surface area contributed by atoms with Crippen LogP contribution >= 0.6 is 0 Å². The Morgan fingerprint density at radius 2 is 0.765 bits per heavy atom. The molecule has 0 saturated carbocycles. The highest BCUT2D eigenvalue weighted by molar-refractivity contribution is 5.69. The molecule has 0 aromatic carbocycles. The second-order valence-corrected chi connectivity index (χ2v) is 8.94. The predicted octanol–water partition coefficient (Wildman–Crippen LogP) is 5.83. The van der Waals surface area contributed by atoms with Crippen molar-refractivity contribution in [2.45, 2.75) is 117 Å². The SMILES string of the molecule is CCCCCCC(=O)OCCN(CCOC(=O)CCCCCC)CCOC(=O)CCCCCC. The van der Waals surface area contributed by atoms with Gasteiger partial charge in [0.1, 0.15) is 19.8 Å². The highest BCUT2D eigenvalue weighted by Gasteiger charge is 2.11. The Morgan fingerprint density at radius 3 is 1.03 bits per heavy atom. The Kier molecular flexibility index (Phi) is 23.3. The number of rotatable bonds is 24. The quantitative estimate of drug-likeness (QED) is 0.0966. The normalized spacial score (nSPS) is 10.9. The molecule has 0 bridgehead atoms. The van der Waals surface area contributed by atoms with Gasteiger partial charge in [0.25, 0.3) is 0 Å². The number of hydrogen-bond acceptors (Lipinski definition) is 7. The number of hydrogen-bond donors (Lipinski definition) is 0. The van der Waals surface area contributed by atoms with Crippen LogP contribution in [0.2, 0.25) is 0 Å². The van der Waals surface area contributed by atoms with E-state index in [-0.39, 0.29) is 37.7 Å². The van der Waals surface area contributed by atoms with Gasteiger partial charge in [-0.3, -0.25) is 19.3 Å². The molecule has 0 fully saturated rings. The lowest BCUT2D eigenvalue weighted by Crippen LogP contribution is -2.35. The minimum absolute atomic E-state index is 0.173. The van der Waals surface area contributed by atoms with Crippen molar-refractivity contribution in [3.05, 3.63) is 0 Å². The first-order valence-corrected chi connectivity index (χ1v) is 13.7. The topological polar surface area (TPSA) is 82.1 Å². The molecule has 0 heterocycles. The zero-order valence-electron chi connectivity index (χ0n) is 22.2. The fourth-order valence-corrected chi connectivity index (χ4v) is 3.51. The summed E-state index contributed by atoms with van der Waals surface area (Å²) in [5.74, 6) is -0.519. The van der Waals surface area contributed by atoms with Crippen LogP contribution in [0, 0.1) is 0 Å². The van der Waals surface area contributed by atoms with E-state index in [0.717, 1.165) is 77.0 Å². The monoisotopic (exact) mass is 485 g/mol. The van der Waals surface area contributed by atoms with Crippen LogP contribution in [-0.2, 0) is 28.6 Å². The first kappa shape index (κ1) is 32.4. The molecular weight excluding hydrogens is 434 g/mol. The molecule has 0 aromatic rings. The second kappa shape index (κ2) is 24.5. The van der Waals surface area contributed by atoms with E-state index in [1.807, 2.05) is 4.90 Å². The third-order valence-electron chi connectivity index (χ3n) is 5.72. The number of esters is 3. The molecule has 34 heavy (non-hydrogen) atoms. The lowest BCUT2D eigenvalue weighted by atomic mass is 10.2. The van der Waals surface area contributed by atoms with Crippen LogP contribution < -0.4 is 0 Å². The molecule has 0 aliphatic rings. The van der Waals surface area contributed by atoms with E-state index in [2.05, 4.69) is 20.8 Å². The van der Waals surface area contributed by atoms with Gasteiger partial charge in [0, 0.05) is 38.9 Å². The minimum Gasteiger partial charge on any atom is -0.464 e. The van der Waals surface area contributed by atoms with E-state index < -0.39 is 0 Å². The smallest absolute Gasteiger partial charge is 0.305 e. The van der Waals surface area contributed by atoms with Crippen LogP contribution in [0.1, 0.15) is 117 Å². The van der Waals surface area contributed by atoms with Crippen LogP contribution in [0.3, 0.4) is 0 Å². The van der Waals surface area contributed by atoms with Crippen molar-refractivity contribution < 1.29 is 28.6 Å². The van der Waals surface area contributed by atoms with Crippen molar-refractivity contribution >= 4 is 17.9 Å². The molecule has 0 radical (unpaired) electrons. The Labute approximate surface area is 208 Å². The van der Waals surface area contributed by atoms with Crippen molar-refractivity contribution in [2.24, 2.45) is 0 Å². The Bertz CT molecular complexity index is 440. The van der Waals surface area contributed by atoms with E-state index in [1.54, 1.807) is 0 Å². The van der Waals surface area contributed by atoms with Gasteiger partial charge in [-0.2, -0.15) is 0 Å². The van der Waals surface area contributed by atoms with E-state index in [1.165, 1.54) is 0 Å². The number of ether oxygens (including phenoxy) is 3. The summed E-state index contributed by atoms with van der Waals surface area (Å²) in [5.41, 5.74) is 0. The van der Waals surface area contributed by atoms with Gasteiger partial charge < -0.3 is 14.2 Å². The van der Waals surface area contributed by atoms with Gasteiger partial charge in [-0.25, -0.2) is 0 Å². The summed E-state index contributed by atoms with van der Waals surface area (Å²) in [5, 5.41) is 0. The fourth-order valence-electron chi connectivity index (χ4n) is 3.51. The van der Waals surface area contributed by atoms with E-state index in [9.17, 15) is 14.4 Å². The van der Waals surface area contributed by atoms with Gasteiger partial charge >= 0.3 is 17.9 Å². The maximum Gasteiger partial charge on any atom is 0.305 e. The average molecular weight is 486 g/mol. The molecular formula is C27H51NO6. The molecule has 7 heteroatoms. The molecule has 0 atom stereocenters. The summed E-state index contributed by atoms with van der Waals surface area (Å²) in [6, 6.07) is 0.